The highest BCUT2D eigenvalue weighted by Crippen LogP contribution is 2.41. The summed E-state index contributed by atoms with van der Waals surface area (Å²) in [5.41, 5.74) is 4.68. The van der Waals surface area contributed by atoms with Crippen molar-refractivity contribution in [3.05, 3.63) is 64.7 Å². The molecule has 146 valence electrons. The Hall–Kier alpha value is -2.25. The van der Waals surface area contributed by atoms with Gasteiger partial charge < -0.3 is 10.2 Å². The second-order valence-electron chi connectivity index (χ2n) is 7.65. The Morgan fingerprint density at radius 2 is 2.04 bits per heavy atom. The minimum absolute atomic E-state index is 0.0256. The van der Waals surface area contributed by atoms with E-state index in [0.717, 1.165) is 22.5 Å². The molecule has 0 saturated carbocycles. The van der Waals surface area contributed by atoms with E-state index in [2.05, 4.69) is 64.6 Å². The lowest BCUT2D eigenvalue weighted by atomic mass is 9.96. The van der Waals surface area contributed by atoms with E-state index < -0.39 is 0 Å². The van der Waals surface area contributed by atoms with Crippen molar-refractivity contribution in [2.75, 3.05) is 6.54 Å². The highest BCUT2D eigenvalue weighted by atomic mass is 32.1. The van der Waals surface area contributed by atoms with Crippen LogP contribution in [0.2, 0.25) is 0 Å². The van der Waals surface area contributed by atoms with Crippen LogP contribution in [0.4, 0.5) is 0 Å². The van der Waals surface area contributed by atoms with Crippen LogP contribution in [-0.4, -0.2) is 31.1 Å². The third-order valence-corrected chi connectivity index (χ3v) is 6.27. The first-order valence-electron chi connectivity index (χ1n) is 9.54. The number of rotatable bonds is 5. The van der Waals surface area contributed by atoms with Gasteiger partial charge in [-0.15, -0.1) is 11.3 Å². The SMILES string of the molecule is Cc1cc(C2C(c3ccccn3)NC(=S)N2CC(C)C)c(C)n1-c1nccs1. The molecule has 2 atom stereocenters. The molecule has 3 aromatic rings. The highest BCUT2D eigenvalue weighted by molar-refractivity contribution is 7.80. The summed E-state index contributed by atoms with van der Waals surface area (Å²) in [5.74, 6) is 0.507. The van der Waals surface area contributed by atoms with Gasteiger partial charge in [-0.3, -0.25) is 9.55 Å². The third kappa shape index (κ3) is 3.33. The van der Waals surface area contributed by atoms with Gasteiger partial charge in [0.25, 0.3) is 0 Å². The number of thiazole rings is 1. The fraction of sp³-hybridized carbons (Fsp3) is 0.381. The second-order valence-corrected chi connectivity index (χ2v) is 8.91. The van der Waals surface area contributed by atoms with Gasteiger partial charge in [-0.2, -0.15) is 0 Å². The number of thiocarbonyl (C=S) groups is 1. The van der Waals surface area contributed by atoms with Crippen molar-refractivity contribution in [2.45, 2.75) is 39.8 Å². The summed E-state index contributed by atoms with van der Waals surface area (Å²) in [6, 6.07) is 8.47. The van der Waals surface area contributed by atoms with Gasteiger partial charge in [0, 0.05) is 35.7 Å². The molecule has 1 aliphatic heterocycles. The quantitative estimate of drug-likeness (QED) is 0.623. The second kappa shape index (κ2) is 7.64. The molecule has 5 nitrogen and oxygen atoms in total. The normalized spacial score (nSPS) is 19.5. The first-order chi connectivity index (χ1) is 13.5. The standard InChI is InChI=1S/C21H25N5S2/c1-13(2)12-25-19(18(24-20(25)27)17-7-5-6-8-22-17)16-11-14(3)26(15(16)4)21-23-9-10-28-21/h5-11,13,18-19H,12H2,1-4H3,(H,24,27). The van der Waals surface area contributed by atoms with E-state index in [1.54, 1.807) is 11.3 Å². The first-order valence-corrected chi connectivity index (χ1v) is 10.8. The van der Waals surface area contributed by atoms with Crippen molar-refractivity contribution in [3.8, 4) is 5.13 Å². The monoisotopic (exact) mass is 411 g/mol. The summed E-state index contributed by atoms with van der Waals surface area (Å²) in [7, 11) is 0. The van der Waals surface area contributed by atoms with Gasteiger partial charge in [0.15, 0.2) is 10.2 Å². The van der Waals surface area contributed by atoms with Crippen LogP contribution in [0.5, 0.6) is 0 Å². The maximum Gasteiger partial charge on any atom is 0.193 e. The number of hydrogen-bond acceptors (Lipinski definition) is 4. The molecule has 1 aliphatic rings. The number of hydrogen-bond donors (Lipinski definition) is 1. The van der Waals surface area contributed by atoms with Crippen LogP contribution >= 0.6 is 23.6 Å². The number of aryl methyl sites for hydroxylation is 1. The molecule has 4 rings (SSSR count). The summed E-state index contributed by atoms with van der Waals surface area (Å²) < 4.78 is 2.24. The molecular weight excluding hydrogens is 386 g/mol. The lowest BCUT2D eigenvalue weighted by Gasteiger charge is -2.29. The van der Waals surface area contributed by atoms with Crippen molar-refractivity contribution in [2.24, 2.45) is 5.92 Å². The molecule has 3 aromatic heterocycles. The molecule has 1 N–H and O–H groups in total. The average Bonchev–Trinajstić information content (AvgIpc) is 3.35. The van der Waals surface area contributed by atoms with Crippen LogP contribution < -0.4 is 5.32 Å². The zero-order valence-electron chi connectivity index (χ0n) is 16.6. The number of nitrogens with one attached hydrogen (secondary N) is 1. The Kier molecular flexibility index (Phi) is 5.21. The topological polar surface area (TPSA) is 46.0 Å². The molecule has 0 aliphatic carbocycles. The summed E-state index contributed by atoms with van der Waals surface area (Å²) in [6.45, 7) is 9.68. The van der Waals surface area contributed by atoms with E-state index in [9.17, 15) is 0 Å². The summed E-state index contributed by atoms with van der Waals surface area (Å²) >= 11 is 7.40. The molecule has 2 unspecified atom stereocenters. The predicted octanol–water partition coefficient (Wildman–Crippen LogP) is 4.57. The van der Waals surface area contributed by atoms with Crippen LogP contribution in [0.3, 0.4) is 0 Å². The number of pyridine rings is 1. The Morgan fingerprint density at radius 1 is 1.21 bits per heavy atom. The zero-order valence-corrected chi connectivity index (χ0v) is 18.2. The van der Waals surface area contributed by atoms with Gasteiger partial charge in [-0.05, 0) is 55.7 Å². The molecule has 28 heavy (non-hydrogen) atoms. The average molecular weight is 412 g/mol. The van der Waals surface area contributed by atoms with Gasteiger partial charge >= 0.3 is 0 Å². The predicted molar refractivity (Wildman–Crippen MR) is 118 cm³/mol. The number of aromatic nitrogens is 3. The summed E-state index contributed by atoms with van der Waals surface area (Å²) in [6.07, 6.45) is 3.70. The fourth-order valence-corrected chi connectivity index (χ4v) is 5.11. The Labute approximate surface area is 175 Å². The Balaban J connectivity index is 1.83. The summed E-state index contributed by atoms with van der Waals surface area (Å²) in [4.78, 5) is 11.5. The molecule has 1 saturated heterocycles. The summed E-state index contributed by atoms with van der Waals surface area (Å²) in [5, 5.41) is 7.35. The lowest BCUT2D eigenvalue weighted by Crippen LogP contribution is -2.33. The molecular formula is C21H25N5S2. The van der Waals surface area contributed by atoms with E-state index in [1.165, 1.54) is 17.0 Å². The molecule has 0 radical (unpaired) electrons. The molecule has 4 heterocycles. The van der Waals surface area contributed by atoms with Gasteiger partial charge in [0.05, 0.1) is 17.8 Å². The van der Waals surface area contributed by atoms with Gasteiger partial charge in [-0.1, -0.05) is 19.9 Å². The fourth-order valence-electron chi connectivity index (χ4n) is 4.04. The Morgan fingerprint density at radius 3 is 2.68 bits per heavy atom. The largest absolute Gasteiger partial charge is 0.352 e. The minimum atomic E-state index is 0.0256. The van der Waals surface area contributed by atoms with Crippen molar-refractivity contribution in [3.63, 3.8) is 0 Å². The molecule has 0 bridgehead atoms. The van der Waals surface area contributed by atoms with Crippen LogP contribution in [0.15, 0.2) is 42.0 Å². The molecule has 1 fully saturated rings. The van der Waals surface area contributed by atoms with Gasteiger partial charge in [-0.25, -0.2) is 4.98 Å². The van der Waals surface area contributed by atoms with E-state index >= 15 is 0 Å². The third-order valence-electron chi connectivity index (χ3n) is 5.16. The highest BCUT2D eigenvalue weighted by Gasteiger charge is 2.41. The number of nitrogens with zero attached hydrogens (tertiary/aromatic N) is 4. The maximum atomic E-state index is 5.75. The van der Waals surface area contributed by atoms with Crippen molar-refractivity contribution in [1.29, 1.82) is 0 Å². The van der Waals surface area contributed by atoms with Crippen molar-refractivity contribution in [1.82, 2.24) is 24.8 Å². The van der Waals surface area contributed by atoms with Crippen LogP contribution in [0.25, 0.3) is 5.13 Å². The molecule has 7 heteroatoms. The van der Waals surface area contributed by atoms with E-state index in [0.29, 0.717) is 5.92 Å². The first kappa shape index (κ1) is 19.1. The molecule has 0 amide bonds. The zero-order chi connectivity index (χ0) is 19.8. The van der Waals surface area contributed by atoms with Crippen LogP contribution in [-0.2, 0) is 0 Å². The minimum Gasteiger partial charge on any atom is -0.352 e. The molecule has 0 aromatic carbocycles. The van der Waals surface area contributed by atoms with E-state index in [1.807, 2.05) is 29.9 Å². The van der Waals surface area contributed by atoms with Gasteiger partial charge in [0.1, 0.15) is 0 Å². The van der Waals surface area contributed by atoms with Crippen molar-refractivity contribution < 1.29 is 0 Å². The van der Waals surface area contributed by atoms with E-state index in [4.69, 9.17) is 12.2 Å². The Bertz CT molecular complexity index is 962. The smallest absolute Gasteiger partial charge is 0.193 e. The molecule has 0 spiro atoms. The van der Waals surface area contributed by atoms with Crippen molar-refractivity contribution >= 4 is 28.7 Å². The van der Waals surface area contributed by atoms with E-state index in [-0.39, 0.29) is 12.1 Å². The lowest BCUT2D eigenvalue weighted by molar-refractivity contribution is 0.287. The van der Waals surface area contributed by atoms with Crippen LogP contribution in [0, 0.1) is 19.8 Å². The van der Waals surface area contributed by atoms with Crippen LogP contribution in [0.1, 0.15) is 48.6 Å². The maximum absolute atomic E-state index is 5.75. The van der Waals surface area contributed by atoms with Gasteiger partial charge in [0.2, 0.25) is 0 Å².